The third-order valence-corrected chi connectivity index (χ3v) is 5.86. The van der Waals surface area contributed by atoms with Gasteiger partial charge in [-0.05, 0) is 28.6 Å². The number of carbonyl (C=O) groups is 2. The molecule has 1 aliphatic rings. The number of fused-ring (bicyclic) bond motifs is 2. The zero-order valence-corrected chi connectivity index (χ0v) is 15.6. The monoisotopic (exact) mass is 378 g/mol. The first-order valence-corrected chi connectivity index (χ1v) is 9.52. The maximum Gasteiger partial charge on any atom is 0.265 e. The molecule has 0 fully saturated rings. The topological polar surface area (TPSA) is 66.5 Å². The van der Waals surface area contributed by atoms with Crippen LogP contribution in [-0.2, 0) is 17.8 Å². The van der Waals surface area contributed by atoms with Gasteiger partial charge in [0.2, 0.25) is 10.6 Å². The quantitative estimate of drug-likeness (QED) is 0.745. The van der Waals surface area contributed by atoms with Crippen LogP contribution in [0.1, 0.15) is 20.8 Å². The molecular weight excluding hydrogens is 360 g/mol. The molecule has 1 aromatic heterocycles. The SMILES string of the molecule is CNC(=O)[C@@H]1Cc2ccccc2CN1C(=O)c1cc2ccccc2c(=O)s1. The first kappa shape index (κ1) is 17.4. The Balaban J connectivity index is 1.77. The maximum absolute atomic E-state index is 13.3. The van der Waals surface area contributed by atoms with Gasteiger partial charge in [0.15, 0.2) is 0 Å². The van der Waals surface area contributed by atoms with Crippen LogP contribution in [0.2, 0.25) is 0 Å². The summed E-state index contributed by atoms with van der Waals surface area (Å²) in [5.41, 5.74) is 2.10. The van der Waals surface area contributed by atoms with Crippen LogP contribution in [0.5, 0.6) is 0 Å². The van der Waals surface area contributed by atoms with Gasteiger partial charge in [-0.1, -0.05) is 53.8 Å². The summed E-state index contributed by atoms with van der Waals surface area (Å²) < 4.78 is -0.148. The van der Waals surface area contributed by atoms with Crippen LogP contribution >= 0.6 is 11.3 Å². The van der Waals surface area contributed by atoms with E-state index in [0.717, 1.165) is 27.8 Å². The van der Waals surface area contributed by atoms with Crippen LogP contribution in [0.25, 0.3) is 10.8 Å². The highest BCUT2D eigenvalue weighted by atomic mass is 32.1. The first-order chi connectivity index (χ1) is 13.1. The van der Waals surface area contributed by atoms with Crippen molar-refractivity contribution in [2.75, 3.05) is 7.05 Å². The van der Waals surface area contributed by atoms with Crippen molar-refractivity contribution in [2.24, 2.45) is 0 Å². The number of hydrogen-bond acceptors (Lipinski definition) is 4. The van der Waals surface area contributed by atoms with Gasteiger partial charge in [-0.15, -0.1) is 0 Å². The van der Waals surface area contributed by atoms with Crippen molar-refractivity contribution < 1.29 is 9.59 Å². The highest BCUT2D eigenvalue weighted by molar-refractivity contribution is 7.12. The van der Waals surface area contributed by atoms with Gasteiger partial charge < -0.3 is 10.2 Å². The molecule has 1 aliphatic heterocycles. The molecule has 0 aliphatic carbocycles. The fourth-order valence-electron chi connectivity index (χ4n) is 3.52. The number of benzene rings is 2. The minimum atomic E-state index is -0.592. The van der Waals surface area contributed by atoms with Gasteiger partial charge in [-0.2, -0.15) is 0 Å². The van der Waals surface area contributed by atoms with Crippen molar-refractivity contribution in [1.82, 2.24) is 10.2 Å². The lowest BCUT2D eigenvalue weighted by molar-refractivity contribution is -0.125. The lowest BCUT2D eigenvalue weighted by atomic mass is 9.93. The highest BCUT2D eigenvalue weighted by Crippen LogP contribution is 2.26. The summed E-state index contributed by atoms with van der Waals surface area (Å²) >= 11 is 0.933. The molecule has 1 atom stereocenters. The summed E-state index contributed by atoms with van der Waals surface area (Å²) in [6.45, 7) is 0.348. The van der Waals surface area contributed by atoms with E-state index in [0.29, 0.717) is 23.2 Å². The molecular formula is C21H18N2O3S. The van der Waals surface area contributed by atoms with Crippen LogP contribution in [0.15, 0.2) is 59.4 Å². The second kappa shape index (κ2) is 6.96. The van der Waals surface area contributed by atoms with Crippen molar-refractivity contribution in [2.45, 2.75) is 19.0 Å². The summed E-state index contributed by atoms with van der Waals surface area (Å²) in [6, 6.07) is 16.2. The van der Waals surface area contributed by atoms with Gasteiger partial charge >= 0.3 is 0 Å². The first-order valence-electron chi connectivity index (χ1n) is 8.70. The normalized spacial score (nSPS) is 16.0. The average molecular weight is 378 g/mol. The molecule has 0 saturated heterocycles. The Morgan fingerprint density at radius 3 is 2.56 bits per heavy atom. The molecule has 2 amide bonds. The smallest absolute Gasteiger partial charge is 0.265 e. The molecule has 0 unspecified atom stereocenters. The molecule has 6 heteroatoms. The predicted molar refractivity (Wildman–Crippen MR) is 106 cm³/mol. The molecule has 5 nitrogen and oxygen atoms in total. The largest absolute Gasteiger partial charge is 0.357 e. The van der Waals surface area contributed by atoms with Crippen LogP contribution in [-0.4, -0.2) is 29.8 Å². The summed E-state index contributed by atoms with van der Waals surface area (Å²) in [7, 11) is 1.57. The number of carbonyl (C=O) groups excluding carboxylic acids is 2. The fourth-order valence-corrected chi connectivity index (χ4v) is 4.40. The summed E-state index contributed by atoms with van der Waals surface area (Å²) in [5, 5.41) is 3.99. The summed E-state index contributed by atoms with van der Waals surface area (Å²) in [5.74, 6) is -0.489. The zero-order chi connectivity index (χ0) is 19.0. The minimum Gasteiger partial charge on any atom is -0.357 e. The molecule has 0 radical (unpaired) electrons. The van der Waals surface area contributed by atoms with Gasteiger partial charge in [0.25, 0.3) is 5.91 Å². The van der Waals surface area contributed by atoms with Gasteiger partial charge in [-0.3, -0.25) is 14.4 Å². The van der Waals surface area contributed by atoms with Crippen LogP contribution in [0.4, 0.5) is 0 Å². The molecule has 1 N–H and O–H groups in total. The lowest BCUT2D eigenvalue weighted by Gasteiger charge is -2.35. The highest BCUT2D eigenvalue weighted by Gasteiger charge is 2.35. The van der Waals surface area contributed by atoms with E-state index in [9.17, 15) is 14.4 Å². The van der Waals surface area contributed by atoms with Crippen molar-refractivity contribution >= 4 is 33.9 Å². The Morgan fingerprint density at radius 1 is 1.07 bits per heavy atom. The van der Waals surface area contributed by atoms with Gasteiger partial charge in [0.1, 0.15) is 6.04 Å². The second-order valence-electron chi connectivity index (χ2n) is 6.52. The van der Waals surface area contributed by atoms with Crippen LogP contribution in [0, 0.1) is 0 Å². The Labute approximate surface area is 160 Å². The second-order valence-corrected chi connectivity index (χ2v) is 7.54. The molecule has 2 aromatic carbocycles. The van der Waals surface area contributed by atoms with E-state index in [2.05, 4.69) is 5.32 Å². The number of hydrogen-bond donors (Lipinski definition) is 1. The number of likely N-dealkylation sites (N-methyl/N-ethyl adjacent to an activating group) is 1. The van der Waals surface area contributed by atoms with Gasteiger partial charge in [0.05, 0.1) is 4.88 Å². The number of rotatable bonds is 2. The maximum atomic E-state index is 13.3. The van der Waals surface area contributed by atoms with Crippen molar-refractivity contribution in [3.05, 3.63) is 80.1 Å². The van der Waals surface area contributed by atoms with E-state index in [-0.39, 0.29) is 16.6 Å². The molecule has 3 aromatic rings. The third-order valence-electron chi connectivity index (χ3n) is 4.94. The minimum absolute atomic E-state index is 0.148. The summed E-state index contributed by atoms with van der Waals surface area (Å²) in [4.78, 5) is 40.0. The molecule has 0 spiro atoms. The lowest BCUT2D eigenvalue weighted by Crippen LogP contribution is -2.51. The standard InChI is InChI=1S/C21H18N2O3S/c1-22-19(24)17-10-13-6-2-3-8-15(13)12-23(17)20(25)18-11-14-7-4-5-9-16(14)21(26)27-18/h2-9,11,17H,10,12H2,1H3,(H,22,24)/t17-/m0/s1. The Kier molecular flexibility index (Phi) is 4.49. The van der Waals surface area contributed by atoms with E-state index in [1.807, 2.05) is 36.4 Å². The van der Waals surface area contributed by atoms with E-state index >= 15 is 0 Å². The van der Waals surface area contributed by atoms with Crippen LogP contribution < -0.4 is 10.1 Å². The molecule has 0 saturated carbocycles. The molecule has 0 bridgehead atoms. The van der Waals surface area contributed by atoms with E-state index in [4.69, 9.17) is 0 Å². The molecule has 4 rings (SSSR count). The summed E-state index contributed by atoms with van der Waals surface area (Å²) in [6.07, 6.45) is 0.462. The predicted octanol–water partition coefficient (Wildman–Crippen LogP) is 2.57. The van der Waals surface area contributed by atoms with Gasteiger partial charge in [0, 0.05) is 25.4 Å². The number of nitrogens with zero attached hydrogens (tertiary/aromatic N) is 1. The Hall–Kier alpha value is -2.99. The fraction of sp³-hybridized carbons (Fsp3) is 0.190. The molecule has 136 valence electrons. The van der Waals surface area contributed by atoms with Crippen molar-refractivity contribution in [3.63, 3.8) is 0 Å². The van der Waals surface area contributed by atoms with E-state index in [1.54, 1.807) is 30.1 Å². The number of amides is 2. The zero-order valence-electron chi connectivity index (χ0n) is 14.8. The van der Waals surface area contributed by atoms with E-state index < -0.39 is 6.04 Å². The Morgan fingerprint density at radius 2 is 1.78 bits per heavy atom. The third kappa shape index (κ3) is 3.13. The van der Waals surface area contributed by atoms with Crippen LogP contribution in [0.3, 0.4) is 0 Å². The van der Waals surface area contributed by atoms with Crippen molar-refractivity contribution in [3.8, 4) is 0 Å². The average Bonchev–Trinajstić information content (AvgIpc) is 2.71. The van der Waals surface area contributed by atoms with Crippen molar-refractivity contribution in [1.29, 1.82) is 0 Å². The van der Waals surface area contributed by atoms with E-state index in [1.165, 1.54) is 0 Å². The Bertz CT molecular complexity index is 1110. The molecule has 27 heavy (non-hydrogen) atoms. The number of nitrogens with one attached hydrogen (secondary N) is 1. The molecule has 2 heterocycles. The van der Waals surface area contributed by atoms with Gasteiger partial charge in [-0.25, -0.2) is 0 Å².